The molecule has 1 N–H and O–H groups in total. The number of benzene rings is 2. The largest absolute Gasteiger partial charge is 0.497 e. The Balaban J connectivity index is 1.61. The van der Waals surface area contributed by atoms with Crippen molar-refractivity contribution in [3.05, 3.63) is 46.9 Å². The number of methoxy groups -OCH3 is 1. The second kappa shape index (κ2) is 9.79. The van der Waals surface area contributed by atoms with Crippen molar-refractivity contribution in [3.8, 4) is 17.1 Å². The Morgan fingerprint density at radius 1 is 1.11 bits per heavy atom. The molecule has 5 rings (SSSR count). The number of aromatic nitrogens is 4. The second-order valence-corrected chi connectivity index (χ2v) is 9.63. The first-order valence-corrected chi connectivity index (χ1v) is 12.4. The molecule has 10 heteroatoms. The number of anilines is 1. The average molecular weight is 539 g/mol. The number of halogens is 1. The van der Waals surface area contributed by atoms with Crippen LogP contribution in [0.25, 0.3) is 27.9 Å². The van der Waals surface area contributed by atoms with E-state index in [9.17, 15) is 4.79 Å². The van der Waals surface area contributed by atoms with Gasteiger partial charge in [0.2, 0.25) is 11.9 Å². The van der Waals surface area contributed by atoms with E-state index >= 15 is 0 Å². The van der Waals surface area contributed by atoms with Gasteiger partial charge in [-0.1, -0.05) is 19.9 Å². The summed E-state index contributed by atoms with van der Waals surface area (Å²) in [5.74, 6) is 1.84. The van der Waals surface area contributed by atoms with E-state index in [2.05, 4.69) is 21.2 Å². The van der Waals surface area contributed by atoms with E-state index in [0.29, 0.717) is 43.7 Å². The molecule has 0 saturated carbocycles. The number of carbonyl (C=O) groups is 1. The summed E-state index contributed by atoms with van der Waals surface area (Å²) < 4.78 is 13.2. The minimum atomic E-state index is -0.475. The smallest absolute Gasteiger partial charge is 0.245 e. The molecular formula is C25H27BrN6O3. The molecule has 182 valence electrons. The summed E-state index contributed by atoms with van der Waals surface area (Å²) in [5.41, 5.74) is 2.26. The maximum absolute atomic E-state index is 13.4. The standard InChI is InChI=1S/C25H27BrN6O3/c1-15(2)20(24(33)31-11-13-35-14-12-31)27-25-28-21-18(5-4-6-19(21)26)23-29-22(30-32(23)25)16-7-9-17(34-3)10-8-16/h4-10,15,20H,11-14H2,1-3H3,(H,27,28). The van der Waals surface area contributed by atoms with Crippen LogP contribution in [-0.2, 0) is 9.53 Å². The predicted octanol–water partition coefficient (Wildman–Crippen LogP) is 4.01. The monoisotopic (exact) mass is 538 g/mol. The van der Waals surface area contributed by atoms with Crippen LogP contribution in [0.3, 0.4) is 0 Å². The van der Waals surface area contributed by atoms with Crippen LogP contribution in [0.2, 0.25) is 0 Å². The Morgan fingerprint density at radius 3 is 2.54 bits per heavy atom. The van der Waals surface area contributed by atoms with Crippen LogP contribution < -0.4 is 10.1 Å². The topological polar surface area (TPSA) is 93.9 Å². The van der Waals surface area contributed by atoms with Crippen molar-refractivity contribution < 1.29 is 14.3 Å². The van der Waals surface area contributed by atoms with E-state index in [0.717, 1.165) is 26.7 Å². The second-order valence-electron chi connectivity index (χ2n) is 8.77. The first-order chi connectivity index (χ1) is 17.0. The molecule has 0 aliphatic carbocycles. The maximum Gasteiger partial charge on any atom is 0.245 e. The van der Waals surface area contributed by atoms with Crippen LogP contribution in [0.15, 0.2) is 46.9 Å². The van der Waals surface area contributed by atoms with Crippen molar-refractivity contribution in [1.82, 2.24) is 24.5 Å². The highest BCUT2D eigenvalue weighted by molar-refractivity contribution is 9.10. The molecule has 1 aliphatic rings. The van der Waals surface area contributed by atoms with Crippen molar-refractivity contribution in [2.24, 2.45) is 5.92 Å². The highest BCUT2D eigenvalue weighted by atomic mass is 79.9. The zero-order valence-corrected chi connectivity index (χ0v) is 21.4. The summed E-state index contributed by atoms with van der Waals surface area (Å²) in [6.07, 6.45) is 0. The van der Waals surface area contributed by atoms with Gasteiger partial charge in [0.05, 0.1) is 25.8 Å². The molecule has 4 aromatic rings. The van der Waals surface area contributed by atoms with Crippen molar-refractivity contribution >= 4 is 44.3 Å². The average Bonchev–Trinajstić information content (AvgIpc) is 3.34. The Labute approximate surface area is 211 Å². The molecule has 1 unspecified atom stereocenters. The van der Waals surface area contributed by atoms with Crippen molar-refractivity contribution in [2.45, 2.75) is 19.9 Å². The minimum absolute atomic E-state index is 0.0287. The van der Waals surface area contributed by atoms with E-state index in [4.69, 9.17) is 24.5 Å². The zero-order valence-electron chi connectivity index (χ0n) is 19.9. The van der Waals surface area contributed by atoms with Crippen LogP contribution >= 0.6 is 15.9 Å². The van der Waals surface area contributed by atoms with Gasteiger partial charge in [-0.25, -0.2) is 9.97 Å². The fraction of sp³-hybridized carbons (Fsp3) is 0.360. The van der Waals surface area contributed by atoms with Gasteiger partial charge in [0.1, 0.15) is 11.8 Å². The summed E-state index contributed by atoms with van der Waals surface area (Å²) >= 11 is 3.62. The van der Waals surface area contributed by atoms with Gasteiger partial charge in [0.25, 0.3) is 0 Å². The van der Waals surface area contributed by atoms with Gasteiger partial charge >= 0.3 is 0 Å². The van der Waals surface area contributed by atoms with Gasteiger partial charge in [0, 0.05) is 28.5 Å². The summed E-state index contributed by atoms with van der Waals surface area (Å²) in [7, 11) is 1.63. The molecule has 1 saturated heterocycles. The Bertz CT molecular complexity index is 1370. The summed E-state index contributed by atoms with van der Waals surface area (Å²) in [4.78, 5) is 25.0. The number of hydrogen-bond donors (Lipinski definition) is 1. The van der Waals surface area contributed by atoms with Crippen LogP contribution in [0.1, 0.15) is 13.8 Å². The van der Waals surface area contributed by atoms with E-state index in [1.807, 2.05) is 61.2 Å². The van der Waals surface area contributed by atoms with Gasteiger partial charge in [0.15, 0.2) is 11.5 Å². The Hall–Kier alpha value is -3.24. The first-order valence-electron chi connectivity index (χ1n) is 11.6. The number of rotatable bonds is 6. The van der Waals surface area contributed by atoms with Crippen LogP contribution in [-0.4, -0.2) is 69.8 Å². The van der Waals surface area contributed by atoms with E-state index in [1.54, 1.807) is 11.6 Å². The van der Waals surface area contributed by atoms with Crippen molar-refractivity contribution in [3.63, 3.8) is 0 Å². The lowest BCUT2D eigenvalue weighted by Crippen LogP contribution is -2.50. The predicted molar refractivity (Wildman–Crippen MR) is 138 cm³/mol. The number of morpholine rings is 1. The van der Waals surface area contributed by atoms with Crippen LogP contribution in [0.4, 0.5) is 5.95 Å². The third-order valence-corrected chi connectivity index (χ3v) is 6.78. The lowest BCUT2D eigenvalue weighted by atomic mass is 10.0. The van der Waals surface area contributed by atoms with Crippen LogP contribution in [0, 0.1) is 5.92 Å². The zero-order chi connectivity index (χ0) is 24.5. The number of nitrogens with zero attached hydrogens (tertiary/aromatic N) is 5. The third kappa shape index (κ3) is 4.55. The summed E-state index contributed by atoms with van der Waals surface area (Å²) in [6, 6.07) is 13.0. The maximum atomic E-state index is 13.4. The minimum Gasteiger partial charge on any atom is -0.497 e. The number of para-hydroxylation sites is 1. The number of amides is 1. The molecule has 1 atom stereocenters. The van der Waals surface area contributed by atoms with E-state index in [-0.39, 0.29) is 11.8 Å². The Morgan fingerprint density at radius 2 is 1.86 bits per heavy atom. The van der Waals surface area contributed by atoms with Crippen molar-refractivity contribution in [1.29, 1.82) is 0 Å². The van der Waals surface area contributed by atoms with Gasteiger partial charge in [-0.15, -0.1) is 5.10 Å². The molecule has 0 radical (unpaired) electrons. The van der Waals surface area contributed by atoms with Gasteiger partial charge in [-0.05, 0) is 58.2 Å². The van der Waals surface area contributed by atoms with Crippen molar-refractivity contribution in [2.75, 3.05) is 38.7 Å². The quantitative estimate of drug-likeness (QED) is 0.396. The molecular weight excluding hydrogens is 512 g/mol. The summed E-state index contributed by atoms with van der Waals surface area (Å²) in [6.45, 7) is 6.32. The normalized spacial score (nSPS) is 15.1. The number of nitrogens with one attached hydrogen (secondary N) is 1. The fourth-order valence-electron chi connectivity index (χ4n) is 4.19. The number of hydrogen-bond acceptors (Lipinski definition) is 7. The number of fused-ring (bicyclic) bond motifs is 3. The highest BCUT2D eigenvalue weighted by Crippen LogP contribution is 2.30. The molecule has 1 amide bonds. The molecule has 0 bridgehead atoms. The lowest BCUT2D eigenvalue weighted by Gasteiger charge is -2.32. The fourth-order valence-corrected chi connectivity index (χ4v) is 4.64. The lowest BCUT2D eigenvalue weighted by molar-refractivity contribution is -0.137. The molecule has 1 aliphatic heterocycles. The summed E-state index contributed by atoms with van der Waals surface area (Å²) in [5, 5.41) is 9.04. The van der Waals surface area contributed by atoms with E-state index < -0.39 is 6.04 Å². The van der Waals surface area contributed by atoms with Gasteiger partial charge < -0.3 is 19.7 Å². The molecule has 2 aromatic heterocycles. The van der Waals surface area contributed by atoms with Gasteiger partial charge in [-0.2, -0.15) is 4.52 Å². The molecule has 0 spiro atoms. The van der Waals surface area contributed by atoms with E-state index in [1.165, 1.54) is 0 Å². The number of ether oxygens (including phenoxy) is 2. The Kier molecular flexibility index (Phi) is 6.57. The third-order valence-electron chi connectivity index (χ3n) is 6.14. The molecule has 2 aromatic carbocycles. The number of carbonyl (C=O) groups excluding carboxylic acids is 1. The van der Waals surface area contributed by atoms with Gasteiger partial charge in [-0.3, -0.25) is 4.79 Å². The first kappa shape index (κ1) is 23.5. The SMILES string of the molecule is COc1ccc(-c2nc3c4cccc(Br)c4nc(NC(C(=O)N4CCOCC4)C(C)C)n3n2)cc1. The molecule has 3 heterocycles. The molecule has 35 heavy (non-hydrogen) atoms. The highest BCUT2D eigenvalue weighted by Gasteiger charge is 2.30. The molecule has 1 fully saturated rings. The molecule has 9 nitrogen and oxygen atoms in total. The van der Waals surface area contributed by atoms with Crippen LogP contribution in [0.5, 0.6) is 5.75 Å².